The van der Waals surface area contributed by atoms with Crippen LogP contribution in [0.1, 0.15) is 29.4 Å². The lowest BCUT2D eigenvalue weighted by molar-refractivity contribution is -0.122. The zero-order chi connectivity index (χ0) is 16.9. The summed E-state index contributed by atoms with van der Waals surface area (Å²) in [6, 6.07) is 11.8. The molecule has 0 radical (unpaired) electrons. The van der Waals surface area contributed by atoms with Crippen LogP contribution in [0.3, 0.4) is 0 Å². The first-order chi connectivity index (χ1) is 11.6. The van der Waals surface area contributed by atoms with E-state index in [1.807, 2.05) is 6.07 Å². The van der Waals surface area contributed by atoms with Crippen LogP contribution in [0.15, 0.2) is 41.2 Å². The van der Waals surface area contributed by atoms with E-state index in [1.165, 1.54) is 11.6 Å². The first-order valence-corrected chi connectivity index (χ1v) is 8.21. The van der Waals surface area contributed by atoms with Crippen LogP contribution in [-0.2, 0) is 11.3 Å². The number of amides is 1. The number of carbonyl (C=O) groups excluding carboxylic acids is 1. The second kappa shape index (κ2) is 7.40. The van der Waals surface area contributed by atoms with Crippen molar-refractivity contribution in [2.45, 2.75) is 25.8 Å². The highest BCUT2D eigenvalue weighted by Gasteiger charge is 2.24. The molecule has 0 spiro atoms. The number of aryl methyl sites for hydroxylation is 1. The maximum absolute atomic E-state index is 12.1. The molecule has 1 aromatic carbocycles. The molecule has 2 aromatic rings. The number of rotatable bonds is 5. The van der Waals surface area contributed by atoms with Crippen LogP contribution in [-0.4, -0.2) is 40.4 Å². The molecule has 126 valence electrons. The van der Waals surface area contributed by atoms with Crippen molar-refractivity contribution in [2.75, 3.05) is 19.6 Å². The molecular weight excluding hydrogens is 304 g/mol. The number of likely N-dealkylation sites (tertiary alicyclic amines) is 1. The molecule has 1 aliphatic rings. The highest BCUT2D eigenvalue weighted by atomic mass is 16.2. The molecule has 1 aliphatic heterocycles. The van der Waals surface area contributed by atoms with Crippen LogP contribution in [0.25, 0.3) is 0 Å². The summed E-state index contributed by atoms with van der Waals surface area (Å²) in [6.45, 7) is 4.21. The van der Waals surface area contributed by atoms with Crippen LogP contribution in [0.5, 0.6) is 0 Å². The van der Waals surface area contributed by atoms with E-state index >= 15 is 0 Å². The maximum atomic E-state index is 12.1. The summed E-state index contributed by atoms with van der Waals surface area (Å²) in [4.78, 5) is 32.5. The third-order valence-electron chi connectivity index (χ3n) is 4.29. The molecule has 24 heavy (non-hydrogen) atoms. The van der Waals surface area contributed by atoms with E-state index in [0.717, 1.165) is 19.5 Å². The molecule has 6 heteroatoms. The van der Waals surface area contributed by atoms with Crippen molar-refractivity contribution in [3.63, 3.8) is 0 Å². The Balaban J connectivity index is 1.48. The molecule has 1 aromatic heterocycles. The van der Waals surface area contributed by atoms with E-state index in [4.69, 9.17) is 0 Å². The predicted octanol–water partition coefficient (Wildman–Crippen LogP) is 1.18. The van der Waals surface area contributed by atoms with Crippen LogP contribution in [0, 0.1) is 6.92 Å². The normalized spacial score (nSPS) is 17.8. The van der Waals surface area contributed by atoms with Gasteiger partial charge in [0.2, 0.25) is 5.91 Å². The van der Waals surface area contributed by atoms with E-state index in [1.54, 1.807) is 6.92 Å². The zero-order valence-electron chi connectivity index (χ0n) is 13.8. The van der Waals surface area contributed by atoms with Gasteiger partial charge in [-0.05, 0) is 31.4 Å². The summed E-state index contributed by atoms with van der Waals surface area (Å²) >= 11 is 0. The van der Waals surface area contributed by atoms with Gasteiger partial charge in [0.05, 0.1) is 18.8 Å². The van der Waals surface area contributed by atoms with Crippen molar-refractivity contribution in [3.8, 4) is 0 Å². The Bertz CT molecular complexity index is 757. The summed E-state index contributed by atoms with van der Waals surface area (Å²) in [5, 5.41) is 2.84. The first-order valence-electron chi connectivity index (χ1n) is 8.21. The standard InChI is InChI=1S/C18H22N4O2/c1-13-20-16(9-17(23)21-13)10-19-18(24)12-22-8-7-15(11-22)14-5-3-2-4-6-14/h2-6,9,15H,7-8,10-12H2,1H3,(H,19,24)(H,20,21,23)/t15-/m1/s1. The lowest BCUT2D eigenvalue weighted by atomic mass is 9.99. The molecule has 0 aliphatic carbocycles. The van der Waals surface area contributed by atoms with E-state index in [-0.39, 0.29) is 18.0 Å². The highest BCUT2D eigenvalue weighted by molar-refractivity contribution is 5.78. The molecular formula is C18H22N4O2. The third kappa shape index (κ3) is 4.29. The summed E-state index contributed by atoms with van der Waals surface area (Å²) < 4.78 is 0. The van der Waals surface area contributed by atoms with Gasteiger partial charge in [-0.1, -0.05) is 30.3 Å². The molecule has 0 saturated carbocycles. The van der Waals surface area contributed by atoms with Crippen molar-refractivity contribution in [1.82, 2.24) is 20.2 Å². The Morgan fingerprint density at radius 1 is 1.38 bits per heavy atom. The molecule has 0 bridgehead atoms. The van der Waals surface area contributed by atoms with Crippen molar-refractivity contribution < 1.29 is 4.79 Å². The van der Waals surface area contributed by atoms with Crippen molar-refractivity contribution in [1.29, 1.82) is 0 Å². The Hall–Kier alpha value is -2.47. The van der Waals surface area contributed by atoms with E-state index in [9.17, 15) is 9.59 Å². The molecule has 0 unspecified atom stereocenters. The van der Waals surface area contributed by atoms with Gasteiger partial charge >= 0.3 is 0 Å². The van der Waals surface area contributed by atoms with Gasteiger partial charge in [-0.3, -0.25) is 14.5 Å². The molecule has 2 heterocycles. The second-order valence-corrected chi connectivity index (χ2v) is 6.23. The van der Waals surface area contributed by atoms with Crippen LogP contribution in [0.2, 0.25) is 0 Å². The highest BCUT2D eigenvalue weighted by Crippen LogP contribution is 2.26. The number of nitrogens with one attached hydrogen (secondary N) is 2. The van der Waals surface area contributed by atoms with Gasteiger partial charge in [-0.25, -0.2) is 4.98 Å². The Kier molecular flexibility index (Phi) is 5.05. The molecule has 1 fully saturated rings. The summed E-state index contributed by atoms with van der Waals surface area (Å²) in [7, 11) is 0. The Morgan fingerprint density at radius 3 is 2.92 bits per heavy atom. The summed E-state index contributed by atoms with van der Waals surface area (Å²) in [6.07, 6.45) is 1.08. The summed E-state index contributed by atoms with van der Waals surface area (Å²) in [5.74, 6) is 1.01. The Morgan fingerprint density at radius 2 is 2.17 bits per heavy atom. The fourth-order valence-corrected chi connectivity index (χ4v) is 3.15. The van der Waals surface area contributed by atoms with Gasteiger partial charge < -0.3 is 10.3 Å². The van der Waals surface area contributed by atoms with Gasteiger partial charge in [0.1, 0.15) is 5.82 Å². The quantitative estimate of drug-likeness (QED) is 0.865. The number of nitrogens with zero attached hydrogens (tertiary/aromatic N) is 2. The van der Waals surface area contributed by atoms with Crippen LogP contribution < -0.4 is 10.9 Å². The minimum Gasteiger partial charge on any atom is -0.349 e. The molecule has 3 rings (SSSR count). The number of hydrogen-bond acceptors (Lipinski definition) is 4. The SMILES string of the molecule is Cc1nc(CNC(=O)CN2CC[C@@H](c3ccccc3)C2)cc(=O)[nH]1. The van der Waals surface area contributed by atoms with Crippen LogP contribution in [0.4, 0.5) is 0 Å². The lowest BCUT2D eigenvalue weighted by Crippen LogP contribution is -2.36. The van der Waals surface area contributed by atoms with Gasteiger partial charge in [0.15, 0.2) is 0 Å². The minimum atomic E-state index is -0.197. The molecule has 1 atom stereocenters. The summed E-state index contributed by atoms with van der Waals surface area (Å²) in [5.41, 5.74) is 1.72. The lowest BCUT2D eigenvalue weighted by Gasteiger charge is -2.16. The topological polar surface area (TPSA) is 78.1 Å². The van der Waals surface area contributed by atoms with Crippen LogP contribution >= 0.6 is 0 Å². The average molecular weight is 326 g/mol. The number of hydrogen-bond donors (Lipinski definition) is 2. The largest absolute Gasteiger partial charge is 0.349 e. The average Bonchev–Trinajstić information content (AvgIpc) is 3.01. The number of aromatic amines is 1. The van der Waals surface area contributed by atoms with E-state index in [0.29, 0.717) is 24.0 Å². The van der Waals surface area contributed by atoms with Crippen molar-refractivity contribution in [2.24, 2.45) is 0 Å². The minimum absolute atomic E-state index is 0.0385. The van der Waals surface area contributed by atoms with Gasteiger partial charge in [0.25, 0.3) is 5.56 Å². The zero-order valence-corrected chi connectivity index (χ0v) is 13.8. The number of aromatic nitrogens is 2. The van der Waals surface area contributed by atoms with Crippen molar-refractivity contribution in [3.05, 3.63) is 63.8 Å². The number of carbonyl (C=O) groups is 1. The second-order valence-electron chi connectivity index (χ2n) is 6.23. The first kappa shape index (κ1) is 16.4. The smallest absolute Gasteiger partial charge is 0.251 e. The van der Waals surface area contributed by atoms with Gasteiger partial charge in [-0.2, -0.15) is 0 Å². The number of benzene rings is 1. The molecule has 2 N–H and O–H groups in total. The van der Waals surface area contributed by atoms with E-state index in [2.05, 4.69) is 44.5 Å². The molecule has 6 nitrogen and oxygen atoms in total. The van der Waals surface area contributed by atoms with Gasteiger partial charge in [-0.15, -0.1) is 0 Å². The fourth-order valence-electron chi connectivity index (χ4n) is 3.15. The van der Waals surface area contributed by atoms with Gasteiger partial charge in [0, 0.05) is 12.6 Å². The fraction of sp³-hybridized carbons (Fsp3) is 0.389. The predicted molar refractivity (Wildman–Crippen MR) is 91.7 cm³/mol. The Labute approximate surface area is 140 Å². The maximum Gasteiger partial charge on any atom is 0.251 e. The van der Waals surface area contributed by atoms with Crippen molar-refractivity contribution >= 4 is 5.91 Å². The number of H-pyrrole nitrogens is 1. The molecule has 1 saturated heterocycles. The van der Waals surface area contributed by atoms with E-state index < -0.39 is 0 Å². The monoisotopic (exact) mass is 326 g/mol. The third-order valence-corrected chi connectivity index (χ3v) is 4.29. The molecule has 1 amide bonds.